The average molecular weight is 331 g/mol. The van der Waals surface area contributed by atoms with Crippen LogP contribution in [0.5, 0.6) is 0 Å². The van der Waals surface area contributed by atoms with Crippen LogP contribution in [0.4, 0.5) is 0 Å². The second kappa shape index (κ2) is 5.04. The number of hydrogen-bond donors (Lipinski definition) is 2. The van der Waals surface area contributed by atoms with Gasteiger partial charge < -0.3 is 10.7 Å². The van der Waals surface area contributed by atoms with Gasteiger partial charge in [-0.3, -0.25) is 4.79 Å². The maximum atomic E-state index is 12.2. The van der Waals surface area contributed by atoms with E-state index in [1.165, 1.54) is 0 Å². The Kier molecular flexibility index (Phi) is 3.36. The summed E-state index contributed by atoms with van der Waals surface area (Å²) in [6, 6.07) is 9.92. The zero-order chi connectivity index (χ0) is 14.3. The van der Waals surface area contributed by atoms with Gasteiger partial charge in [0.25, 0.3) is 5.56 Å². The van der Waals surface area contributed by atoms with Crippen molar-refractivity contribution in [1.82, 2.24) is 4.98 Å². The molecule has 3 rings (SSSR count). The van der Waals surface area contributed by atoms with Crippen molar-refractivity contribution in [2.75, 3.05) is 0 Å². The van der Waals surface area contributed by atoms with E-state index in [0.717, 1.165) is 38.0 Å². The Morgan fingerprint density at radius 1 is 1.25 bits per heavy atom. The fourth-order valence-corrected chi connectivity index (χ4v) is 3.00. The maximum Gasteiger partial charge on any atom is 0.256 e. The van der Waals surface area contributed by atoms with Crippen molar-refractivity contribution < 1.29 is 0 Å². The molecule has 0 aliphatic carbocycles. The number of rotatable bonds is 2. The van der Waals surface area contributed by atoms with Crippen LogP contribution in [0.3, 0.4) is 0 Å². The van der Waals surface area contributed by atoms with Crippen LogP contribution in [0.2, 0.25) is 0 Å². The molecule has 3 aromatic rings. The van der Waals surface area contributed by atoms with E-state index in [-0.39, 0.29) is 11.6 Å². The van der Waals surface area contributed by atoms with Gasteiger partial charge in [-0.1, -0.05) is 28.9 Å². The fourth-order valence-electron chi connectivity index (χ4n) is 2.64. The lowest BCUT2D eigenvalue weighted by atomic mass is 9.93. The Hall–Kier alpha value is -1.65. The lowest BCUT2D eigenvalue weighted by molar-refractivity contribution is 0.705. The van der Waals surface area contributed by atoms with Crippen LogP contribution < -0.4 is 11.3 Å². The normalized spacial score (nSPS) is 12.9. The quantitative estimate of drug-likeness (QED) is 0.701. The van der Waals surface area contributed by atoms with E-state index in [4.69, 9.17) is 5.73 Å². The summed E-state index contributed by atoms with van der Waals surface area (Å²) in [7, 11) is 0. The summed E-state index contributed by atoms with van der Waals surface area (Å²) < 4.78 is 0.955. The second-order valence-corrected chi connectivity index (χ2v) is 5.86. The lowest BCUT2D eigenvalue weighted by Crippen LogP contribution is -2.11. The number of benzene rings is 2. The van der Waals surface area contributed by atoms with Crippen molar-refractivity contribution in [3.8, 4) is 0 Å². The Bertz CT molecular complexity index is 854. The van der Waals surface area contributed by atoms with Crippen LogP contribution in [0.1, 0.15) is 24.9 Å². The monoisotopic (exact) mass is 330 g/mol. The number of nitrogens with two attached hydrogens (primary N) is 1. The van der Waals surface area contributed by atoms with Crippen molar-refractivity contribution in [2.45, 2.75) is 19.4 Å². The molecule has 0 fully saturated rings. The first-order chi connectivity index (χ1) is 9.61. The molecule has 0 spiro atoms. The smallest absolute Gasteiger partial charge is 0.256 e. The van der Waals surface area contributed by atoms with E-state index < -0.39 is 0 Å². The third kappa shape index (κ3) is 2.05. The maximum absolute atomic E-state index is 12.2. The summed E-state index contributed by atoms with van der Waals surface area (Å²) in [6.07, 6.45) is 2.54. The largest absolute Gasteiger partial charge is 0.329 e. The van der Waals surface area contributed by atoms with Crippen LogP contribution >= 0.6 is 15.9 Å². The summed E-state index contributed by atoms with van der Waals surface area (Å²) in [5.74, 6) is 0. The molecule has 4 heteroatoms. The highest BCUT2D eigenvalue weighted by Gasteiger charge is 2.13. The molecule has 1 heterocycles. The highest BCUT2D eigenvalue weighted by atomic mass is 79.9. The minimum Gasteiger partial charge on any atom is -0.329 e. The molecule has 0 saturated heterocycles. The molecular formula is C16H15BrN2O. The van der Waals surface area contributed by atoms with Gasteiger partial charge in [-0.2, -0.15) is 0 Å². The molecule has 102 valence electrons. The number of H-pyrrole nitrogens is 1. The molecule has 0 aliphatic heterocycles. The van der Waals surface area contributed by atoms with E-state index in [0.29, 0.717) is 0 Å². The van der Waals surface area contributed by atoms with Crippen LogP contribution in [-0.4, -0.2) is 4.98 Å². The zero-order valence-corrected chi connectivity index (χ0v) is 12.7. The molecule has 1 unspecified atom stereocenters. The Morgan fingerprint density at radius 2 is 2.05 bits per heavy atom. The summed E-state index contributed by atoms with van der Waals surface area (Å²) in [4.78, 5) is 14.9. The van der Waals surface area contributed by atoms with Crippen molar-refractivity contribution in [3.05, 3.63) is 56.9 Å². The summed E-state index contributed by atoms with van der Waals surface area (Å²) in [5, 5.41) is 3.64. The first kappa shape index (κ1) is 13.3. The van der Waals surface area contributed by atoms with E-state index >= 15 is 0 Å². The summed E-state index contributed by atoms with van der Waals surface area (Å²) >= 11 is 3.48. The molecule has 20 heavy (non-hydrogen) atoms. The molecule has 3 N–H and O–H groups in total. The molecule has 0 radical (unpaired) electrons. The van der Waals surface area contributed by atoms with Crippen molar-refractivity contribution in [3.63, 3.8) is 0 Å². The number of hydrogen-bond acceptors (Lipinski definition) is 2. The third-order valence-corrected chi connectivity index (χ3v) is 4.20. The molecule has 2 aromatic carbocycles. The lowest BCUT2D eigenvalue weighted by Gasteiger charge is -2.15. The summed E-state index contributed by atoms with van der Waals surface area (Å²) in [6.45, 7) is 2.07. The number of nitrogens with one attached hydrogen (secondary N) is 1. The Balaban J connectivity index is 2.56. The van der Waals surface area contributed by atoms with Crippen molar-refractivity contribution >= 4 is 37.5 Å². The van der Waals surface area contributed by atoms with Crippen LogP contribution in [-0.2, 0) is 0 Å². The van der Waals surface area contributed by atoms with Crippen LogP contribution in [0.15, 0.2) is 45.8 Å². The molecule has 3 nitrogen and oxygen atoms in total. The topological polar surface area (TPSA) is 58.9 Å². The van der Waals surface area contributed by atoms with Gasteiger partial charge >= 0.3 is 0 Å². The van der Waals surface area contributed by atoms with Gasteiger partial charge in [-0.25, -0.2) is 0 Å². The van der Waals surface area contributed by atoms with Gasteiger partial charge in [-0.15, -0.1) is 0 Å². The molecule has 0 saturated carbocycles. The first-order valence-electron chi connectivity index (χ1n) is 6.61. The number of aromatic amines is 1. The van der Waals surface area contributed by atoms with E-state index in [9.17, 15) is 4.79 Å². The standard InChI is InChI=1S/C16H15BrN2O/c1-2-14(18)12-7-9-5-6-19-16(20)15(9)13-8-10(17)3-4-11(12)13/h3-8,14H,2,18H2,1H3,(H,19,20). The average Bonchev–Trinajstić information content (AvgIpc) is 2.45. The minimum absolute atomic E-state index is 0.0256. The van der Waals surface area contributed by atoms with Gasteiger partial charge in [0, 0.05) is 16.7 Å². The summed E-state index contributed by atoms with van der Waals surface area (Å²) in [5.41, 5.74) is 7.25. The molecule has 0 bridgehead atoms. The second-order valence-electron chi connectivity index (χ2n) is 4.94. The van der Waals surface area contributed by atoms with Crippen molar-refractivity contribution in [1.29, 1.82) is 0 Å². The Labute approximate surface area is 124 Å². The SMILES string of the molecule is CCC(N)c1cc2cc[nH]c(=O)c2c2cc(Br)ccc12. The van der Waals surface area contributed by atoms with Crippen LogP contribution in [0.25, 0.3) is 21.5 Å². The predicted octanol–water partition coefficient (Wildman–Crippen LogP) is 3.85. The van der Waals surface area contributed by atoms with Gasteiger partial charge in [0.15, 0.2) is 0 Å². The van der Waals surface area contributed by atoms with E-state index in [2.05, 4.69) is 27.8 Å². The van der Waals surface area contributed by atoms with E-state index in [1.54, 1.807) is 6.20 Å². The van der Waals surface area contributed by atoms with Crippen LogP contribution in [0, 0.1) is 0 Å². The number of aromatic nitrogens is 1. The molecule has 0 aliphatic rings. The number of fused-ring (bicyclic) bond motifs is 3. The third-order valence-electron chi connectivity index (χ3n) is 3.71. The highest BCUT2D eigenvalue weighted by molar-refractivity contribution is 9.10. The molecular weight excluding hydrogens is 316 g/mol. The van der Waals surface area contributed by atoms with Gasteiger partial charge in [-0.05, 0) is 52.4 Å². The van der Waals surface area contributed by atoms with Gasteiger partial charge in [0.05, 0.1) is 5.39 Å². The predicted molar refractivity (Wildman–Crippen MR) is 87.0 cm³/mol. The number of pyridine rings is 1. The fraction of sp³-hybridized carbons (Fsp3) is 0.188. The molecule has 1 atom stereocenters. The number of halogens is 1. The van der Waals surface area contributed by atoms with E-state index in [1.807, 2.05) is 30.3 Å². The van der Waals surface area contributed by atoms with Gasteiger partial charge in [0.2, 0.25) is 0 Å². The zero-order valence-electron chi connectivity index (χ0n) is 11.1. The first-order valence-corrected chi connectivity index (χ1v) is 7.40. The highest BCUT2D eigenvalue weighted by Crippen LogP contribution is 2.32. The Morgan fingerprint density at radius 3 is 2.80 bits per heavy atom. The molecule has 1 aromatic heterocycles. The molecule has 0 amide bonds. The van der Waals surface area contributed by atoms with Crippen molar-refractivity contribution in [2.24, 2.45) is 5.73 Å². The van der Waals surface area contributed by atoms with Gasteiger partial charge in [0.1, 0.15) is 0 Å². The minimum atomic E-state index is -0.0674.